The molecule has 0 fully saturated rings. The predicted octanol–water partition coefficient (Wildman–Crippen LogP) is 4.60. The van der Waals surface area contributed by atoms with Crippen LogP contribution in [0.2, 0.25) is 5.02 Å². The van der Waals surface area contributed by atoms with E-state index in [2.05, 4.69) is 34.3 Å². The van der Waals surface area contributed by atoms with Crippen molar-refractivity contribution in [1.82, 2.24) is 4.98 Å². The van der Waals surface area contributed by atoms with Gasteiger partial charge in [-0.1, -0.05) is 17.7 Å². The average Bonchev–Trinajstić information content (AvgIpc) is 2.91. The van der Waals surface area contributed by atoms with Gasteiger partial charge < -0.3 is 4.90 Å². The predicted molar refractivity (Wildman–Crippen MR) is 84.7 cm³/mol. The molecule has 19 heavy (non-hydrogen) atoms. The smallest absolute Gasteiger partial charge is 0.128 e. The Labute approximate surface area is 128 Å². The zero-order valence-electron chi connectivity index (χ0n) is 10.9. The molecule has 0 aliphatic carbocycles. The Morgan fingerprint density at radius 1 is 1.47 bits per heavy atom. The molecule has 0 aliphatic heterocycles. The van der Waals surface area contributed by atoms with Gasteiger partial charge in [-0.05, 0) is 30.0 Å². The molecule has 0 radical (unpaired) electrons. The van der Waals surface area contributed by atoms with Crippen LogP contribution in [0.15, 0.2) is 29.8 Å². The van der Waals surface area contributed by atoms with E-state index in [4.69, 9.17) is 23.2 Å². The number of halogens is 2. The van der Waals surface area contributed by atoms with E-state index in [1.165, 1.54) is 4.88 Å². The Kier molecular flexibility index (Phi) is 5.08. The molecule has 5 heteroatoms. The molecule has 2 heterocycles. The number of hydrogen-bond acceptors (Lipinski definition) is 3. The van der Waals surface area contributed by atoms with Crippen molar-refractivity contribution in [2.45, 2.75) is 25.3 Å². The summed E-state index contributed by atoms with van der Waals surface area (Å²) >= 11 is 13.7. The maximum Gasteiger partial charge on any atom is 0.128 e. The van der Waals surface area contributed by atoms with Crippen molar-refractivity contribution in [3.8, 4) is 0 Å². The minimum Gasteiger partial charge on any atom is -0.357 e. The second-order valence-corrected chi connectivity index (χ2v) is 6.22. The van der Waals surface area contributed by atoms with Gasteiger partial charge in [0, 0.05) is 36.5 Å². The van der Waals surface area contributed by atoms with Crippen LogP contribution in [0.1, 0.15) is 17.4 Å². The van der Waals surface area contributed by atoms with E-state index in [0.29, 0.717) is 16.9 Å². The summed E-state index contributed by atoms with van der Waals surface area (Å²) in [6.45, 7) is 2.19. The van der Waals surface area contributed by atoms with E-state index in [9.17, 15) is 0 Å². The molecule has 2 nitrogen and oxygen atoms in total. The minimum atomic E-state index is 0.371. The van der Waals surface area contributed by atoms with Gasteiger partial charge in [-0.15, -0.1) is 22.9 Å². The molecule has 2 rings (SSSR count). The van der Waals surface area contributed by atoms with Crippen molar-refractivity contribution in [2.75, 3.05) is 11.9 Å². The SMILES string of the molecule is CC(Cc1cccs1)N(C)c1cc(CCl)c(Cl)cn1. The van der Waals surface area contributed by atoms with Crippen LogP contribution in [-0.2, 0) is 12.3 Å². The Morgan fingerprint density at radius 3 is 2.89 bits per heavy atom. The van der Waals surface area contributed by atoms with Gasteiger partial charge in [-0.3, -0.25) is 0 Å². The second kappa shape index (κ2) is 6.60. The molecule has 0 aliphatic rings. The number of aromatic nitrogens is 1. The Balaban J connectivity index is 2.12. The summed E-state index contributed by atoms with van der Waals surface area (Å²) in [5, 5.41) is 2.73. The van der Waals surface area contributed by atoms with Crippen LogP contribution >= 0.6 is 34.5 Å². The number of pyridine rings is 1. The van der Waals surface area contributed by atoms with Crippen molar-refractivity contribution >= 4 is 40.4 Å². The third-order valence-electron chi connectivity index (χ3n) is 3.16. The number of hydrogen-bond donors (Lipinski definition) is 0. The van der Waals surface area contributed by atoms with Gasteiger partial charge in [0.1, 0.15) is 5.82 Å². The lowest BCUT2D eigenvalue weighted by Crippen LogP contribution is -2.31. The second-order valence-electron chi connectivity index (χ2n) is 4.51. The average molecular weight is 315 g/mol. The normalized spacial score (nSPS) is 12.4. The topological polar surface area (TPSA) is 16.1 Å². The first-order valence-corrected chi connectivity index (χ1v) is 7.86. The molecular weight excluding hydrogens is 299 g/mol. The highest BCUT2D eigenvalue weighted by atomic mass is 35.5. The van der Waals surface area contributed by atoms with Gasteiger partial charge in [-0.2, -0.15) is 0 Å². The Morgan fingerprint density at radius 2 is 2.26 bits per heavy atom. The van der Waals surface area contributed by atoms with Gasteiger partial charge in [0.15, 0.2) is 0 Å². The molecule has 0 spiro atoms. The van der Waals surface area contributed by atoms with Gasteiger partial charge in [0.05, 0.1) is 5.02 Å². The number of rotatable bonds is 5. The fourth-order valence-corrected chi connectivity index (χ4v) is 3.13. The fourth-order valence-electron chi connectivity index (χ4n) is 1.85. The van der Waals surface area contributed by atoms with Crippen LogP contribution in [-0.4, -0.2) is 18.1 Å². The van der Waals surface area contributed by atoms with Crippen LogP contribution in [0.25, 0.3) is 0 Å². The van der Waals surface area contributed by atoms with E-state index in [0.717, 1.165) is 17.8 Å². The van der Waals surface area contributed by atoms with Crippen molar-refractivity contribution < 1.29 is 0 Å². The quantitative estimate of drug-likeness (QED) is 0.750. The molecule has 1 atom stereocenters. The summed E-state index contributed by atoms with van der Waals surface area (Å²) < 4.78 is 0. The van der Waals surface area contributed by atoms with Gasteiger partial charge in [0.25, 0.3) is 0 Å². The van der Waals surface area contributed by atoms with Gasteiger partial charge >= 0.3 is 0 Å². The lowest BCUT2D eigenvalue weighted by atomic mass is 10.2. The molecule has 0 N–H and O–H groups in total. The van der Waals surface area contributed by atoms with E-state index < -0.39 is 0 Å². The van der Waals surface area contributed by atoms with Crippen molar-refractivity contribution in [3.63, 3.8) is 0 Å². The minimum absolute atomic E-state index is 0.371. The van der Waals surface area contributed by atoms with E-state index >= 15 is 0 Å². The van der Waals surface area contributed by atoms with E-state index in [1.807, 2.05) is 13.1 Å². The highest BCUT2D eigenvalue weighted by molar-refractivity contribution is 7.09. The summed E-state index contributed by atoms with van der Waals surface area (Å²) in [6.07, 6.45) is 2.68. The van der Waals surface area contributed by atoms with Crippen LogP contribution in [0.4, 0.5) is 5.82 Å². The van der Waals surface area contributed by atoms with Gasteiger partial charge in [0.2, 0.25) is 0 Å². The van der Waals surface area contributed by atoms with Crippen molar-refractivity contribution in [3.05, 3.63) is 45.2 Å². The zero-order valence-corrected chi connectivity index (χ0v) is 13.3. The first-order valence-electron chi connectivity index (χ1n) is 6.07. The first kappa shape index (κ1) is 14.6. The zero-order chi connectivity index (χ0) is 13.8. The third-order valence-corrected chi connectivity index (χ3v) is 4.69. The largest absolute Gasteiger partial charge is 0.357 e. The number of thiophene rings is 1. The monoisotopic (exact) mass is 314 g/mol. The number of nitrogens with zero attached hydrogens (tertiary/aromatic N) is 2. The first-order chi connectivity index (χ1) is 9.11. The Bertz CT molecular complexity index is 528. The summed E-state index contributed by atoms with van der Waals surface area (Å²) in [6, 6.07) is 6.57. The van der Waals surface area contributed by atoms with Crippen molar-refractivity contribution in [2.24, 2.45) is 0 Å². The summed E-state index contributed by atoms with van der Waals surface area (Å²) in [7, 11) is 2.05. The Hall–Kier alpha value is -0.770. The van der Waals surface area contributed by atoms with Crippen molar-refractivity contribution in [1.29, 1.82) is 0 Å². The molecule has 1 unspecified atom stereocenters. The van der Waals surface area contributed by atoms with Gasteiger partial charge in [-0.25, -0.2) is 4.98 Å². The van der Waals surface area contributed by atoms with Crippen LogP contribution < -0.4 is 4.90 Å². The standard InChI is InChI=1S/C14H16Cl2N2S/c1-10(6-12-4-3-5-19-12)18(2)14-7-11(8-15)13(16)9-17-14/h3-5,7,9-10H,6,8H2,1-2H3. The molecule has 2 aromatic rings. The third kappa shape index (κ3) is 3.62. The highest BCUT2D eigenvalue weighted by Gasteiger charge is 2.14. The highest BCUT2D eigenvalue weighted by Crippen LogP contribution is 2.23. The summed E-state index contributed by atoms with van der Waals surface area (Å²) in [4.78, 5) is 7.92. The molecule has 102 valence electrons. The molecular formula is C14H16Cl2N2S. The maximum absolute atomic E-state index is 6.03. The van der Waals surface area contributed by atoms with Crippen LogP contribution in [0.3, 0.4) is 0 Å². The summed E-state index contributed by atoms with van der Waals surface area (Å²) in [5.74, 6) is 1.31. The summed E-state index contributed by atoms with van der Waals surface area (Å²) in [5.41, 5.74) is 0.920. The molecule has 2 aromatic heterocycles. The number of anilines is 1. The number of likely N-dealkylation sites (N-methyl/N-ethyl adjacent to an activating group) is 1. The fraction of sp³-hybridized carbons (Fsp3) is 0.357. The van der Waals surface area contributed by atoms with Crippen LogP contribution in [0.5, 0.6) is 0 Å². The lowest BCUT2D eigenvalue weighted by Gasteiger charge is -2.26. The molecule has 0 saturated heterocycles. The molecule has 0 saturated carbocycles. The lowest BCUT2D eigenvalue weighted by molar-refractivity contribution is 0.680. The van der Waals surface area contributed by atoms with E-state index in [1.54, 1.807) is 17.5 Å². The molecule has 0 amide bonds. The maximum atomic E-state index is 6.03. The van der Waals surface area contributed by atoms with E-state index in [-0.39, 0.29) is 0 Å². The molecule has 0 aromatic carbocycles. The number of alkyl halides is 1. The molecule has 0 bridgehead atoms. The van der Waals surface area contributed by atoms with Crippen LogP contribution in [0, 0.1) is 0 Å².